The van der Waals surface area contributed by atoms with Crippen molar-refractivity contribution in [2.24, 2.45) is 0 Å². The highest BCUT2D eigenvalue weighted by atomic mass is 35.5. The Labute approximate surface area is 191 Å². The van der Waals surface area contributed by atoms with Gasteiger partial charge in [0.2, 0.25) is 0 Å². The van der Waals surface area contributed by atoms with Crippen LogP contribution in [0.15, 0.2) is 76.1 Å². The molecule has 0 radical (unpaired) electrons. The Bertz CT molecular complexity index is 1340. The van der Waals surface area contributed by atoms with Crippen molar-refractivity contribution in [1.82, 2.24) is 4.57 Å². The number of nitrogens with zero attached hydrogens (tertiary/aromatic N) is 1. The van der Waals surface area contributed by atoms with E-state index in [1.54, 1.807) is 12.1 Å². The van der Waals surface area contributed by atoms with Crippen LogP contribution in [0, 0.1) is 20.8 Å². The molecule has 0 aliphatic heterocycles. The predicted octanol–water partition coefficient (Wildman–Crippen LogP) is 5.99. The van der Waals surface area contributed by atoms with Crippen molar-refractivity contribution in [1.29, 1.82) is 0 Å². The average Bonchev–Trinajstić information content (AvgIpc) is 3.29. The lowest BCUT2D eigenvalue weighted by atomic mass is 10.1. The average molecular weight is 447 g/mol. The number of carbonyl (C=O) groups is 1. The number of furan rings is 1. The molecule has 2 heterocycles. The third-order valence-electron chi connectivity index (χ3n) is 5.61. The van der Waals surface area contributed by atoms with Gasteiger partial charge in [0.15, 0.2) is 11.2 Å². The Morgan fingerprint density at radius 3 is 2.47 bits per heavy atom. The van der Waals surface area contributed by atoms with Gasteiger partial charge in [0.25, 0.3) is 5.91 Å². The quantitative estimate of drug-likeness (QED) is 0.409. The highest BCUT2D eigenvalue weighted by Gasteiger charge is 2.24. The van der Waals surface area contributed by atoms with Crippen molar-refractivity contribution in [2.75, 3.05) is 5.32 Å². The molecule has 1 amide bonds. The zero-order valence-electron chi connectivity index (χ0n) is 18.1. The summed E-state index contributed by atoms with van der Waals surface area (Å²) in [7, 11) is 0. The van der Waals surface area contributed by atoms with Crippen LogP contribution in [0.5, 0.6) is 0 Å². The number of nitrogens with one attached hydrogen (secondary N) is 1. The lowest BCUT2D eigenvalue weighted by Gasteiger charge is -2.19. The number of anilines is 1. The van der Waals surface area contributed by atoms with Crippen LogP contribution in [0.1, 0.15) is 32.7 Å². The number of aromatic nitrogens is 1. The number of amides is 1. The molecule has 2 aromatic carbocycles. The number of hydrogen-bond acceptors (Lipinski definition) is 3. The van der Waals surface area contributed by atoms with E-state index in [1.165, 1.54) is 12.3 Å². The molecule has 0 atom stereocenters. The molecule has 1 N–H and O–H groups in total. The fraction of sp³-hybridized carbons (Fsp3) is 0.154. The lowest BCUT2D eigenvalue weighted by molar-refractivity contribution is 0.102. The van der Waals surface area contributed by atoms with Crippen LogP contribution < -0.4 is 10.7 Å². The van der Waals surface area contributed by atoms with E-state index in [0.717, 1.165) is 22.4 Å². The maximum Gasteiger partial charge on any atom is 0.261 e. The fourth-order valence-electron chi connectivity index (χ4n) is 3.70. The van der Waals surface area contributed by atoms with Gasteiger partial charge in [-0.25, -0.2) is 0 Å². The first kappa shape index (κ1) is 21.7. The van der Waals surface area contributed by atoms with E-state index < -0.39 is 5.91 Å². The smallest absolute Gasteiger partial charge is 0.261 e. The number of pyridine rings is 1. The summed E-state index contributed by atoms with van der Waals surface area (Å²) in [5.41, 5.74) is 4.51. The van der Waals surface area contributed by atoms with Gasteiger partial charge in [-0.2, -0.15) is 0 Å². The van der Waals surface area contributed by atoms with Gasteiger partial charge in [0, 0.05) is 29.0 Å². The number of aryl methyl sites for hydroxylation is 2. The molecule has 2 aromatic heterocycles. The fourth-order valence-corrected chi connectivity index (χ4v) is 3.83. The molecule has 0 fully saturated rings. The van der Waals surface area contributed by atoms with Gasteiger partial charge in [-0.3, -0.25) is 9.59 Å². The molecule has 0 saturated carbocycles. The normalized spacial score (nSPS) is 10.9. The van der Waals surface area contributed by atoms with Gasteiger partial charge in [-0.1, -0.05) is 35.9 Å². The SMILES string of the molecule is Cc1cccc(NC(=O)c2c(-c3ccco3)n(Cc3ccc(Cl)cc3)c(C)cc2=O)c1C. The van der Waals surface area contributed by atoms with Crippen LogP contribution >= 0.6 is 11.6 Å². The van der Waals surface area contributed by atoms with E-state index in [2.05, 4.69) is 5.32 Å². The first-order valence-corrected chi connectivity index (χ1v) is 10.6. The van der Waals surface area contributed by atoms with E-state index in [1.807, 2.05) is 67.8 Å². The summed E-state index contributed by atoms with van der Waals surface area (Å²) < 4.78 is 7.57. The molecule has 5 nitrogen and oxygen atoms in total. The summed E-state index contributed by atoms with van der Waals surface area (Å²) in [4.78, 5) is 26.4. The highest BCUT2D eigenvalue weighted by molar-refractivity contribution is 6.30. The first-order chi connectivity index (χ1) is 15.3. The van der Waals surface area contributed by atoms with Crippen LogP contribution in [-0.2, 0) is 6.54 Å². The van der Waals surface area contributed by atoms with E-state index in [-0.39, 0.29) is 11.0 Å². The summed E-state index contributed by atoms with van der Waals surface area (Å²) in [6, 6.07) is 18.1. The van der Waals surface area contributed by atoms with E-state index >= 15 is 0 Å². The van der Waals surface area contributed by atoms with E-state index in [4.69, 9.17) is 16.0 Å². The second-order valence-corrected chi connectivity index (χ2v) is 8.20. The topological polar surface area (TPSA) is 64.2 Å². The number of hydrogen-bond donors (Lipinski definition) is 1. The third-order valence-corrected chi connectivity index (χ3v) is 5.86. The maximum atomic E-state index is 13.4. The molecular formula is C26H23ClN2O3. The van der Waals surface area contributed by atoms with Crippen LogP contribution in [0.4, 0.5) is 5.69 Å². The van der Waals surface area contributed by atoms with Crippen molar-refractivity contribution in [3.05, 3.63) is 110 Å². The molecule has 4 rings (SSSR count). The Morgan fingerprint density at radius 1 is 1.03 bits per heavy atom. The standard InChI is InChI=1S/C26H23ClN2O3/c1-16-6-4-7-21(18(16)3)28-26(31)24-22(30)14-17(2)29(25(24)23-8-5-13-32-23)15-19-9-11-20(27)12-10-19/h4-14H,15H2,1-3H3,(H,28,31). The lowest BCUT2D eigenvalue weighted by Crippen LogP contribution is -2.27. The molecular weight excluding hydrogens is 424 g/mol. The molecule has 6 heteroatoms. The van der Waals surface area contributed by atoms with E-state index in [0.29, 0.717) is 28.7 Å². The van der Waals surface area contributed by atoms with Crippen molar-refractivity contribution < 1.29 is 9.21 Å². The zero-order valence-corrected chi connectivity index (χ0v) is 18.9. The molecule has 0 aliphatic carbocycles. The second kappa shape index (κ2) is 8.89. The molecule has 162 valence electrons. The second-order valence-electron chi connectivity index (χ2n) is 7.77. The minimum Gasteiger partial charge on any atom is -0.463 e. The zero-order chi connectivity index (χ0) is 22.8. The Kier molecular flexibility index (Phi) is 6.01. The highest BCUT2D eigenvalue weighted by Crippen LogP contribution is 2.27. The van der Waals surface area contributed by atoms with Crippen molar-refractivity contribution >= 4 is 23.2 Å². The summed E-state index contributed by atoms with van der Waals surface area (Å²) >= 11 is 6.03. The summed E-state index contributed by atoms with van der Waals surface area (Å²) in [5.74, 6) is -0.0224. The van der Waals surface area contributed by atoms with Gasteiger partial charge in [-0.15, -0.1) is 0 Å². The van der Waals surface area contributed by atoms with Gasteiger partial charge < -0.3 is 14.3 Å². The molecule has 0 aliphatic rings. The molecule has 32 heavy (non-hydrogen) atoms. The Balaban J connectivity index is 1.86. The number of carbonyl (C=O) groups excluding carboxylic acids is 1. The summed E-state index contributed by atoms with van der Waals surface area (Å²) in [6.07, 6.45) is 1.53. The van der Waals surface area contributed by atoms with Crippen molar-refractivity contribution in [2.45, 2.75) is 27.3 Å². The van der Waals surface area contributed by atoms with Crippen LogP contribution in [0.2, 0.25) is 5.02 Å². The minimum absolute atomic E-state index is 0.0421. The van der Waals surface area contributed by atoms with Crippen LogP contribution in [-0.4, -0.2) is 10.5 Å². The molecule has 4 aromatic rings. The third kappa shape index (κ3) is 4.25. The number of benzene rings is 2. The van der Waals surface area contributed by atoms with Crippen molar-refractivity contribution in [3.63, 3.8) is 0 Å². The summed E-state index contributed by atoms with van der Waals surface area (Å²) in [5, 5.41) is 3.56. The maximum absolute atomic E-state index is 13.4. The largest absolute Gasteiger partial charge is 0.463 e. The minimum atomic E-state index is -0.472. The molecule has 0 bridgehead atoms. The van der Waals surface area contributed by atoms with Crippen molar-refractivity contribution in [3.8, 4) is 11.5 Å². The molecule has 0 saturated heterocycles. The number of rotatable bonds is 5. The van der Waals surface area contributed by atoms with Gasteiger partial charge >= 0.3 is 0 Å². The Morgan fingerprint density at radius 2 is 1.78 bits per heavy atom. The van der Waals surface area contributed by atoms with Gasteiger partial charge in [0.1, 0.15) is 11.3 Å². The van der Waals surface area contributed by atoms with Crippen LogP contribution in [0.25, 0.3) is 11.5 Å². The summed E-state index contributed by atoms with van der Waals surface area (Å²) in [6.45, 7) is 6.20. The van der Waals surface area contributed by atoms with Gasteiger partial charge in [-0.05, 0) is 67.8 Å². The first-order valence-electron chi connectivity index (χ1n) is 10.3. The Hall–Kier alpha value is -3.57. The van der Waals surface area contributed by atoms with Crippen LogP contribution in [0.3, 0.4) is 0 Å². The monoisotopic (exact) mass is 446 g/mol. The molecule has 0 spiro atoms. The number of halogens is 1. The predicted molar refractivity (Wildman–Crippen MR) is 128 cm³/mol. The van der Waals surface area contributed by atoms with Gasteiger partial charge in [0.05, 0.1) is 6.26 Å². The molecule has 0 unspecified atom stereocenters. The van der Waals surface area contributed by atoms with E-state index in [9.17, 15) is 9.59 Å².